The third-order valence-electron chi connectivity index (χ3n) is 4.30. The Kier molecular flexibility index (Phi) is 5.58. The molecule has 0 aliphatic heterocycles. The van der Waals surface area contributed by atoms with Gasteiger partial charge in [-0.25, -0.2) is 9.50 Å². The number of aromatic nitrogens is 4. The lowest BCUT2D eigenvalue weighted by atomic mass is 10.1. The molecule has 28 heavy (non-hydrogen) atoms. The molecular weight excluding hydrogens is 358 g/mol. The van der Waals surface area contributed by atoms with Gasteiger partial charge in [-0.3, -0.25) is 4.79 Å². The third-order valence-corrected chi connectivity index (χ3v) is 4.30. The number of ether oxygens (including phenoxy) is 2. The van der Waals surface area contributed by atoms with Crippen LogP contribution < -0.4 is 9.47 Å². The summed E-state index contributed by atoms with van der Waals surface area (Å²) in [7, 11) is 3.18. The van der Waals surface area contributed by atoms with Crippen LogP contribution in [0.15, 0.2) is 36.9 Å². The van der Waals surface area contributed by atoms with Gasteiger partial charge in [0.2, 0.25) is 5.82 Å². The van der Waals surface area contributed by atoms with E-state index in [1.165, 1.54) is 0 Å². The van der Waals surface area contributed by atoms with Crippen LogP contribution >= 0.6 is 0 Å². The van der Waals surface area contributed by atoms with Gasteiger partial charge in [-0.05, 0) is 38.1 Å². The van der Waals surface area contributed by atoms with Crippen LogP contribution in [0.2, 0.25) is 0 Å². The monoisotopic (exact) mass is 381 g/mol. The van der Waals surface area contributed by atoms with Crippen molar-refractivity contribution in [3.8, 4) is 11.5 Å². The van der Waals surface area contributed by atoms with Crippen molar-refractivity contribution >= 4 is 11.7 Å². The van der Waals surface area contributed by atoms with Gasteiger partial charge in [0, 0.05) is 23.5 Å². The molecule has 146 valence electrons. The largest absolute Gasteiger partial charge is 0.497 e. The smallest absolute Gasteiger partial charge is 0.294 e. The lowest BCUT2D eigenvalue weighted by Crippen LogP contribution is -2.31. The molecule has 0 aliphatic rings. The minimum atomic E-state index is -0.313. The molecule has 8 nitrogen and oxygen atoms in total. The summed E-state index contributed by atoms with van der Waals surface area (Å²) in [5.41, 5.74) is 2.49. The van der Waals surface area contributed by atoms with E-state index in [0.717, 1.165) is 17.0 Å². The molecule has 1 aromatic carbocycles. The molecule has 3 rings (SSSR count). The number of hydrogen-bond acceptors (Lipinski definition) is 6. The van der Waals surface area contributed by atoms with E-state index in [-0.39, 0.29) is 11.7 Å². The Morgan fingerprint density at radius 2 is 2.00 bits per heavy atom. The predicted octanol–water partition coefficient (Wildman–Crippen LogP) is 2.59. The van der Waals surface area contributed by atoms with Crippen LogP contribution in [0.5, 0.6) is 11.5 Å². The predicted molar refractivity (Wildman–Crippen MR) is 105 cm³/mol. The number of carbonyl (C=O) groups excluding carboxylic acids is 1. The Morgan fingerprint density at radius 3 is 2.68 bits per heavy atom. The van der Waals surface area contributed by atoms with E-state index in [0.29, 0.717) is 30.4 Å². The van der Waals surface area contributed by atoms with E-state index in [9.17, 15) is 4.79 Å². The molecule has 0 fully saturated rings. The quantitative estimate of drug-likeness (QED) is 0.585. The van der Waals surface area contributed by atoms with Gasteiger partial charge in [-0.1, -0.05) is 6.08 Å². The van der Waals surface area contributed by atoms with Gasteiger partial charge in [0.05, 0.1) is 20.8 Å². The van der Waals surface area contributed by atoms with Crippen LogP contribution in [0.3, 0.4) is 0 Å². The average Bonchev–Trinajstić information content (AvgIpc) is 3.11. The summed E-state index contributed by atoms with van der Waals surface area (Å²) in [6, 6.07) is 7.35. The van der Waals surface area contributed by atoms with Crippen LogP contribution in [0.4, 0.5) is 0 Å². The van der Waals surface area contributed by atoms with Crippen LogP contribution in [-0.4, -0.2) is 51.2 Å². The highest BCUT2D eigenvalue weighted by Crippen LogP contribution is 2.25. The molecular formula is C20H23N5O3. The standard InChI is InChI=1S/C20H23N5O3/c1-6-9-24(12-15-11-16(27-4)7-8-17(15)28-5)19(26)18-22-20-21-13(2)10-14(3)25(20)23-18/h6-8,10-11H,1,9,12H2,2-5H3. The van der Waals surface area contributed by atoms with E-state index < -0.39 is 0 Å². The lowest BCUT2D eigenvalue weighted by molar-refractivity contribution is 0.0749. The first-order valence-corrected chi connectivity index (χ1v) is 8.79. The normalized spacial score (nSPS) is 10.7. The molecule has 0 bridgehead atoms. The van der Waals surface area contributed by atoms with Gasteiger partial charge in [-0.2, -0.15) is 4.98 Å². The SMILES string of the molecule is C=CCN(Cc1cc(OC)ccc1OC)C(=O)c1nc2nc(C)cc(C)n2n1. The number of aryl methyl sites for hydroxylation is 2. The molecule has 0 saturated heterocycles. The van der Waals surface area contributed by atoms with Crippen LogP contribution in [0.1, 0.15) is 27.6 Å². The number of hydrogen-bond donors (Lipinski definition) is 0. The molecule has 2 aromatic heterocycles. The van der Waals surface area contributed by atoms with Crippen molar-refractivity contribution in [3.63, 3.8) is 0 Å². The van der Waals surface area contributed by atoms with Gasteiger partial charge in [-0.15, -0.1) is 11.7 Å². The number of amides is 1. The Balaban J connectivity index is 1.95. The number of carbonyl (C=O) groups is 1. The molecule has 0 N–H and O–H groups in total. The van der Waals surface area contributed by atoms with Crippen LogP contribution in [0, 0.1) is 13.8 Å². The summed E-state index contributed by atoms with van der Waals surface area (Å²) in [5, 5.41) is 4.34. The summed E-state index contributed by atoms with van der Waals surface area (Å²) < 4.78 is 12.3. The van der Waals surface area contributed by atoms with Crippen molar-refractivity contribution < 1.29 is 14.3 Å². The second kappa shape index (κ2) is 8.08. The summed E-state index contributed by atoms with van der Waals surface area (Å²) in [6.07, 6.45) is 1.66. The van der Waals surface area contributed by atoms with E-state index in [2.05, 4.69) is 21.6 Å². The fourth-order valence-corrected chi connectivity index (χ4v) is 2.98. The highest BCUT2D eigenvalue weighted by Gasteiger charge is 2.22. The Labute approximate surface area is 163 Å². The molecule has 2 heterocycles. The van der Waals surface area contributed by atoms with Gasteiger partial charge in [0.25, 0.3) is 11.7 Å². The minimum absolute atomic E-state index is 0.0879. The molecule has 0 radical (unpaired) electrons. The summed E-state index contributed by atoms with van der Waals surface area (Å²) >= 11 is 0. The highest BCUT2D eigenvalue weighted by molar-refractivity contribution is 5.91. The molecule has 0 spiro atoms. The zero-order valence-corrected chi connectivity index (χ0v) is 16.5. The molecule has 1 amide bonds. The highest BCUT2D eigenvalue weighted by atomic mass is 16.5. The Morgan fingerprint density at radius 1 is 1.21 bits per heavy atom. The number of benzene rings is 1. The second-order valence-corrected chi connectivity index (χ2v) is 6.34. The van der Waals surface area contributed by atoms with Crippen LogP contribution in [0.25, 0.3) is 5.78 Å². The van der Waals surface area contributed by atoms with Crippen molar-refractivity contribution in [1.29, 1.82) is 0 Å². The van der Waals surface area contributed by atoms with E-state index in [4.69, 9.17) is 9.47 Å². The molecule has 0 aliphatic carbocycles. The molecule has 0 unspecified atom stereocenters. The summed E-state index contributed by atoms with van der Waals surface area (Å²) in [6.45, 7) is 8.16. The topological polar surface area (TPSA) is 81.9 Å². The van der Waals surface area contributed by atoms with Crippen molar-refractivity contribution in [3.05, 3.63) is 59.7 Å². The van der Waals surface area contributed by atoms with E-state index in [1.807, 2.05) is 38.1 Å². The number of nitrogens with zero attached hydrogens (tertiary/aromatic N) is 5. The van der Waals surface area contributed by atoms with Crippen molar-refractivity contribution in [2.45, 2.75) is 20.4 Å². The maximum absolute atomic E-state index is 13.1. The Hall–Kier alpha value is -3.42. The molecule has 3 aromatic rings. The minimum Gasteiger partial charge on any atom is -0.497 e. The summed E-state index contributed by atoms with van der Waals surface area (Å²) in [5.74, 6) is 1.53. The lowest BCUT2D eigenvalue weighted by Gasteiger charge is -2.21. The molecule has 0 saturated carbocycles. The maximum Gasteiger partial charge on any atom is 0.294 e. The first kappa shape index (κ1) is 19.3. The van der Waals surface area contributed by atoms with Gasteiger partial charge < -0.3 is 14.4 Å². The first-order valence-electron chi connectivity index (χ1n) is 8.79. The fourth-order valence-electron chi connectivity index (χ4n) is 2.98. The fraction of sp³-hybridized carbons (Fsp3) is 0.300. The Bertz CT molecular complexity index is 1030. The average molecular weight is 381 g/mol. The van der Waals surface area contributed by atoms with Crippen LogP contribution in [-0.2, 0) is 6.54 Å². The van der Waals surface area contributed by atoms with Crippen molar-refractivity contribution in [1.82, 2.24) is 24.5 Å². The van der Waals surface area contributed by atoms with Crippen molar-refractivity contribution in [2.75, 3.05) is 20.8 Å². The van der Waals surface area contributed by atoms with Gasteiger partial charge in [0.1, 0.15) is 11.5 Å². The zero-order chi connectivity index (χ0) is 20.3. The third kappa shape index (κ3) is 3.80. The second-order valence-electron chi connectivity index (χ2n) is 6.34. The zero-order valence-electron chi connectivity index (χ0n) is 16.5. The number of fused-ring (bicyclic) bond motifs is 1. The summed E-state index contributed by atoms with van der Waals surface area (Å²) in [4.78, 5) is 23.4. The molecule has 8 heteroatoms. The van der Waals surface area contributed by atoms with Gasteiger partial charge in [0.15, 0.2) is 0 Å². The first-order chi connectivity index (χ1) is 13.5. The number of methoxy groups -OCH3 is 2. The van der Waals surface area contributed by atoms with Crippen molar-refractivity contribution in [2.24, 2.45) is 0 Å². The molecule has 0 atom stereocenters. The number of rotatable bonds is 7. The van der Waals surface area contributed by atoms with E-state index >= 15 is 0 Å². The van der Waals surface area contributed by atoms with E-state index in [1.54, 1.807) is 29.7 Å². The van der Waals surface area contributed by atoms with Gasteiger partial charge >= 0.3 is 0 Å². The maximum atomic E-state index is 13.1.